The number of ether oxygens (including phenoxy) is 1. The van der Waals surface area contributed by atoms with Crippen LogP contribution in [0.5, 0.6) is 5.75 Å². The van der Waals surface area contributed by atoms with Gasteiger partial charge in [-0.15, -0.1) is 0 Å². The second-order valence-corrected chi connectivity index (χ2v) is 8.79. The van der Waals surface area contributed by atoms with E-state index in [1.165, 1.54) is 0 Å². The number of anilines is 1. The summed E-state index contributed by atoms with van der Waals surface area (Å²) in [7, 11) is 0. The lowest BCUT2D eigenvalue weighted by atomic mass is 10.0. The van der Waals surface area contributed by atoms with Gasteiger partial charge >= 0.3 is 0 Å². The van der Waals surface area contributed by atoms with Gasteiger partial charge in [-0.1, -0.05) is 24.3 Å². The molecule has 2 aliphatic heterocycles. The molecule has 2 aromatic carbocycles. The second kappa shape index (κ2) is 8.34. The fourth-order valence-electron chi connectivity index (χ4n) is 4.70. The van der Waals surface area contributed by atoms with Crippen LogP contribution < -0.4 is 9.64 Å². The number of hydrogen-bond donors (Lipinski definition) is 0. The van der Waals surface area contributed by atoms with E-state index in [1.807, 2.05) is 49.1 Å². The average Bonchev–Trinajstić information content (AvgIpc) is 3.24. The summed E-state index contributed by atoms with van der Waals surface area (Å²) in [6.07, 6.45) is 4.39. The van der Waals surface area contributed by atoms with Crippen molar-refractivity contribution in [2.45, 2.75) is 45.6 Å². The minimum absolute atomic E-state index is 0.0307. The number of aryl methyl sites for hydroxylation is 2. The largest absolute Gasteiger partial charge is 0.476 e. The van der Waals surface area contributed by atoms with Gasteiger partial charge in [0.1, 0.15) is 11.3 Å². The third kappa shape index (κ3) is 3.64. The monoisotopic (exact) mass is 432 g/mol. The lowest BCUT2D eigenvalue weighted by Crippen LogP contribution is -2.53. The Kier molecular flexibility index (Phi) is 5.37. The topological polar surface area (TPSA) is 63.0 Å². The van der Waals surface area contributed by atoms with Gasteiger partial charge in [0.25, 0.3) is 5.91 Å². The van der Waals surface area contributed by atoms with Crippen LogP contribution in [-0.4, -0.2) is 42.5 Å². The van der Waals surface area contributed by atoms with Gasteiger partial charge in [0.2, 0.25) is 5.91 Å². The maximum absolute atomic E-state index is 13.5. The third-order valence-electron chi connectivity index (χ3n) is 6.70. The molecule has 1 aromatic heterocycles. The van der Waals surface area contributed by atoms with E-state index in [0.29, 0.717) is 11.4 Å². The number of rotatable bonds is 3. The van der Waals surface area contributed by atoms with Crippen LogP contribution in [0.4, 0.5) is 5.69 Å². The zero-order valence-corrected chi connectivity index (χ0v) is 18.6. The van der Waals surface area contributed by atoms with Crippen molar-refractivity contribution in [1.29, 1.82) is 0 Å². The summed E-state index contributed by atoms with van der Waals surface area (Å²) < 4.78 is 11.9. The number of nitrogens with zero attached hydrogens (tertiary/aromatic N) is 2. The number of piperidine rings is 1. The molecule has 0 spiro atoms. The number of likely N-dealkylation sites (tertiary alicyclic amines) is 1. The van der Waals surface area contributed by atoms with E-state index in [-0.39, 0.29) is 24.8 Å². The molecule has 0 bridgehead atoms. The highest BCUT2D eigenvalue weighted by molar-refractivity contribution is 6.00. The van der Waals surface area contributed by atoms with Crippen molar-refractivity contribution in [3.8, 4) is 5.75 Å². The third-order valence-corrected chi connectivity index (χ3v) is 6.70. The van der Waals surface area contributed by atoms with Crippen LogP contribution in [0, 0.1) is 13.8 Å². The molecule has 1 unspecified atom stereocenters. The molecule has 0 radical (unpaired) electrons. The summed E-state index contributed by atoms with van der Waals surface area (Å²) in [6.45, 7) is 5.81. The average molecular weight is 433 g/mol. The summed E-state index contributed by atoms with van der Waals surface area (Å²) in [5.74, 6) is 0.473. The number of carbonyl (C=O) groups excluding carboxylic acids is 2. The summed E-state index contributed by atoms with van der Waals surface area (Å²) in [5.41, 5.74) is 4.64. The molecule has 2 amide bonds. The second-order valence-electron chi connectivity index (χ2n) is 8.79. The molecule has 3 aromatic rings. The Morgan fingerprint density at radius 3 is 2.62 bits per heavy atom. The quantitative estimate of drug-likeness (QED) is 0.616. The van der Waals surface area contributed by atoms with Gasteiger partial charge in [-0.3, -0.25) is 9.59 Å². The number of carbonyl (C=O) groups is 2. The number of amides is 2. The van der Waals surface area contributed by atoms with Crippen LogP contribution in [0.15, 0.2) is 47.1 Å². The number of fused-ring (bicyclic) bond motifs is 2. The predicted octanol–water partition coefficient (Wildman–Crippen LogP) is 4.40. The van der Waals surface area contributed by atoms with Crippen molar-refractivity contribution in [3.63, 3.8) is 0 Å². The first-order chi connectivity index (χ1) is 15.5. The lowest BCUT2D eigenvalue weighted by molar-refractivity contribution is -0.139. The van der Waals surface area contributed by atoms with Crippen LogP contribution in [0.25, 0.3) is 11.0 Å². The molecule has 1 saturated heterocycles. The molecule has 0 saturated carbocycles. The molecular weight excluding hydrogens is 404 g/mol. The zero-order valence-electron chi connectivity index (χ0n) is 18.6. The standard InChI is InChI=1S/C26H28N2O4/c1-17-10-11-20-19(16-31-25(20)18(17)2)14-24(29)28-15-23(26(30)27-12-6-3-7-13-27)32-22-9-5-4-8-21(22)28/h4-5,8-11,16,23H,3,6-7,12-15H2,1-2H3. The highest BCUT2D eigenvalue weighted by Crippen LogP contribution is 2.35. The Morgan fingerprint density at radius 1 is 1.03 bits per heavy atom. The molecule has 32 heavy (non-hydrogen) atoms. The molecule has 6 nitrogen and oxygen atoms in total. The Morgan fingerprint density at radius 2 is 1.81 bits per heavy atom. The molecular formula is C26H28N2O4. The van der Waals surface area contributed by atoms with E-state index in [4.69, 9.17) is 9.15 Å². The van der Waals surface area contributed by atoms with Crippen LogP contribution in [0.2, 0.25) is 0 Å². The van der Waals surface area contributed by atoms with Crippen molar-refractivity contribution < 1.29 is 18.7 Å². The first-order valence-corrected chi connectivity index (χ1v) is 11.3. The highest BCUT2D eigenvalue weighted by atomic mass is 16.5. The molecule has 0 N–H and O–H groups in total. The fourth-order valence-corrected chi connectivity index (χ4v) is 4.70. The number of furan rings is 1. The van der Waals surface area contributed by atoms with Gasteiger partial charge in [-0.25, -0.2) is 0 Å². The van der Waals surface area contributed by atoms with Crippen LogP contribution in [0.1, 0.15) is 36.0 Å². The first-order valence-electron chi connectivity index (χ1n) is 11.3. The van der Waals surface area contributed by atoms with Gasteiger partial charge in [0.15, 0.2) is 6.10 Å². The summed E-state index contributed by atoms with van der Waals surface area (Å²) >= 11 is 0. The summed E-state index contributed by atoms with van der Waals surface area (Å²) in [6, 6.07) is 11.5. The summed E-state index contributed by atoms with van der Waals surface area (Å²) in [4.78, 5) is 30.2. The van der Waals surface area contributed by atoms with Crippen molar-refractivity contribution >= 4 is 28.5 Å². The molecule has 6 heteroatoms. The Balaban J connectivity index is 1.42. The summed E-state index contributed by atoms with van der Waals surface area (Å²) in [5, 5.41) is 0.962. The van der Waals surface area contributed by atoms with E-state index in [1.54, 1.807) is 11.2 Å². The van der Waals surface area contributed by atoms with Gasteiger partial charge in [0, 0.05) is 24.0 Å². The van der Waals surface area contributed by atoms with Crippen molar-refractivity contribution in [1.82, 2.24) is 4.90 Å². The normalized spacial score (nSPS) is 18.4. The van der Waals surface area contributed by atoms with Gasteiger partial charge in [-0.05, 0) is 56.4 Å². The maximum atomic E-state index is 13.5. The first kappa shape index (κ1) is 20.6. The van der Waals surface area contributed by atoms with Crippen LogP contribution in [0.3, 0.4) is 0 Å². The minimum Gasteiger partial charge on any atom is -0.476 e. The van der Waals surface area contributed by atoms with Gasteiger partial charge < -0.3 is 19.0 Å². The number of benzene rings is 2. The van der Waals surface area contributed by atoms with Crippen molar-refractivity contribution in [3.05, 3.63) is 59.4 Å². The number of para-hydroxylation sites is 2. The predicted molar refractivity (Wildman–Crippen MR) is 123 cm³/mol. The molecule has 3 heterocycles. The Bertz CT molecular complexity index is 1180. The minimum atomic E-state index is -0.682. The van der Waals surface area contributed by atoms with Gasteiger partial charge in [0.05, 0.1) is 24.9 Å². The zero-order chi connectivity index (χ0) is 22.2. The van der Waals surface area contributed by atoms with Gasteiger partial charge in [-0.2, -0.15) is 0 Å². The van der Waals surface area contributed by atoms with Crippen molar-refractivity contribution in [2.24, 2.45) is 0 Å². The fraction of sp³-hybridized carbons (Fsp3) is 0.385. The maximum Gasteiger partial charge on any atom is 0.265 e. The molecule has 5 rings (SSSR count). The van der Waals surface area contributed by atoms with E-state index < -0.39 is 6.10 Å². The Labute approximate surface area is 187 Å². The van der Waals surface area contributed by atoms with Crippen molar-refractivity contribution in [2.75, 3.05) is 24.5 Å². The highest BCUT2D eigenvalue weighted by Gasteiger charge is 2.36. The van der Waals surface area contributed by atoms with E-state index >= 15 is 0 Å². The van der Waals surface area contributed by atoms with E-state index in [9.17, 15) is 9.59 Å². The van der Waals surface area contributed by atoms with E-state index in [2.05, 4.69) is 6.07 Å². The number of hydrogen-bond acceptors (Lipinski definition) is 4. The SMILES string of the molecule is Cc1ccc2c(CC(=O)N3CC(C(=O)N4CCCCC4)Oc4ccccc43)coc2c1C. The smallest absolute Gasteiger partial charge is 0.265 e. The van der Waals surface area contributed by atoms with Crippen LogP contribution in [-0.2, 0) is 16.0 Å². The molecule has 1 atom stereocenters. The van der Waals surface area contributed by atoms with E-state index in [0.717, 1.165) is 60.0 Å². The molecule has 1 fully saturated rings. The molecule has 2 aliphatic rings. The molecule has 0 aliphatic carbocycles. The Hall–Kier alpha value is -3.28. The lowest BCUT2D eigenvalue weighted by Gasteiger charge is -2.37. The van der Waals surface area contributed by atoms with Crippen LogP contribution >= 0.6 is 0 Å². The molecule has 166 valence electrons.